The summed E-state index contributed by atoms with van der Waals surface area (Å²) in [5.41, 5.74) is 1.68. The summed E-state index contributed by atoms with van der Waals surface area (Å²) in [6.07, 6.45) is 13.6. The van der Waals surface area contributed by atoms with Crippen molar-refractivity contribution in [3.63, 3.8) is 0 Å². The van der Waals surface area contributed by atoms with Crippen LogP contribution >= 0.6 is 0 Å². The first-order chi connectivity index (χ1) is 20.0. The van der Waals surface area contributed by atoms with Crippen molar-refractivity contribution >= 4 is 11.0 Å². The van der Waals surface area contributed by atoms with Crippen molar-refractivity contribution in [1.82, 2.24) is 0 Å². The van der Waals surface area contributed by atoms with E-state index in [0.29, 0.717) is 57.6 Å². The Morgan fingerprint density at radius 3 is 1.61 bits per heavy atom. The van der Waals surface area contributed by atoms with Crippen molar-refractivity contribution in [2.24, 2.45) is 0 Å². The third kappa shape index (κ3) is 8.32. The van der Waals surface area contributed by atoms with Crippen LogP contribution in [0.3, 0.4) is 0 Å². The van der Waals surface area contributed by atoms with Gasteiger partial charge in [0.15, 0.2) is 16.9 Å². The molecular formula is C33H46O8. The van der Waals surface area contributed by atoms with Gasteiger partial charge in [-0.3, -0.25) is 4.79 Å². The van der Waals surface area contributed by atoms with Crippen LogP contribution in [0.1, 0.15) is 76.2 Å². The lowest BCUT2D eigenvalue weighted by molar-refractivity contribution is 0.282. The Morgan fingerprint density at radius 1 is 0.610 bits per heavy atom. The van der Waals surface area contributed by atoms with E-state index in [4.69, 9.17) is 33.2 Å². The quantitative estimate of drug-likeness (QED) is 0.150. The summed E-state index contributed by atoms with van der Waals surface area (Å²) in [7, 11) is 7.82. The number of aliphatic hydroxyl groups excluding tert-OH is 1. The van der Waals surface area contributed by atoms with Crippen molar-refractivity contribution in [3.8, 4) is 40.1 Å². The highest BCUT2D eigenvalue weighted by Gasteiger charge is 2.21. The predicted octanol–water partition coefficient (Wildman–Crippen LogP) is 7.33. The molecule has 8 nitrogen and oxygen atoms in total. The zero-order valence-corrected chi connectivity index (χ0v) is 25.3. The van der Waals surface area contributed by atoms with E-state index in [2.05, 4.69) is 0 Å². The van der Waals surface area contributed by atoms with Gasteiger partial charge in [-0.2, -0.15) is 0 Å². The second-order valence-corrected chi connectivity index (χ2v) is 10.2. The molecule has 0 amide bonds. The van der Waals surface area contributed by atoms with Crippen LogP contribution in [0.2, 0.25) is 0 Å². The number of ether oxygens (including phenoxy) is 5. The van der Waals surface area contributed by atoms with Gasteiger partial charge in [-0.25, -0.2) is 0 Å². The van der Waals surface area contributed by atoms with Crippen LogP contribution in [0.4, 0.5) is 0 Å². The standard InChI is InChI=1S/C33H46O8/c1-36-27-22-28-31(25(35)21-26(41-28)23-19-29(37-2)33(40-5)30(20-23)38-3)32(39-4)24(27)17-15-13-11-9-7-6-8-10-12-14-16-18-34/h19-22,34H,6-18H2,1-5H3. The number of aliphatic hydroxyl groups is 1. The van der Waals surface area contributed by atoms with E-state index >= 15 is 0 Å². The first-order valence-corrected chi connectivity index (χ1v) is 14.7. The van der Waals surface area contributed by atoms with E-state index < -0.39 is 0 Å². The number of fused-ring (bicyclic) bond motifs is 1. The van der Waals surface area contributed by atoms with Crippen molar-refractivity contribution in [1.29, 1.82) is 0 Å². The van der Waals surface area contributed by atoms with Crippen LogP contribution < -0.4 is 29.1 Å². The van der Waals surface area contributed by atoms with Crippen molar-refractivity contribution in [3.05, 3.63) is 40.1 Å². The van der Waals surface area contributed by atoms with Gasteiger partial charge in [0, 0.05) is 29.9 Å². The lowest BCUT2D eigenvalue weighted by Gasteiger charge is -2.17. The lowest BCUT2D eigenvalue weighted by atomic mass is 10.00. The molecule has 0 unspecified atom stereocenters. The topological polar surface area (TPSA) is 96.6 Å². The molecule has 0 radical (unpaired) electrons. The van der Waals surface area contributed by atoms with Gasteiger partial charge in [0.1, 0.15) is 28.2 Å². The highest BCUT2D eigenvalue weighted by Crippen LogP contribution is 2.42. The molecule has 0 aliphatic rings. The number of methoxy groups -OCH3 is 5. The minimum atomic E-state index is -0.202. The summed E-state index contributed by atoms with van der Waals surface area (Å²) in [6.45, 7) is 0.307. The van der Waals surface area contributed by atoms with Crippen LogP contribution in [-0.2, 0) is 6.42 Å². The average molecular weight is 571 g/mol. The summed E-state index contributed by atoms with van der Waals surface area (Å²) >= 11 is 0. The van der Waals surface area contributed by atoms with E-state index in [1.807, 2.05) is 0 Å². The fourth-order valence-corrected chi connectivity index (χ4v) is 5.32. The summed E-state index contributed by atoms with van der Waals surface area (Å²) in [5.74, 6) is 2.89. The van der Waals surface area contributed by atoms with E-state index in [1.165, 1.54) is 58.1 Å². The second kappa shape index (κ2) is 16.8. The monoisotopic (exact) mass is 570 g/mol. The molecule has 0 saturated carbocycles. The second-order valence-electron chi connectivity index (χ2n) is 10.2. The summed E-state index contributed by atoms with van der Waals surface area (Å²) in [5, 5.41) is 9.25. The number of unbranched alkanes of at least 4 members (excludes halogenated alkanes) is 10. The van der Waals surface area contributed by atoms with Gasteiger partial charge in [-0.1, -0.05) is 57.8 Å². The molecule has 8 heteroatoms. The molecular weight excluding hydrogens is 524 g/mol. The summed E-state index contributed by atoms with van der Waals surface area (Å²) in [6, 6.07) is 6.73. The Morgan fingerprint density at radius 2 is 1.12 bits per heavy atom. The van der Waals surface area contributed by atoms with Crippen molar-refractivity contribution < 1.29 is 33.2 Å². The number of benzene rings is 2. The maximum absolute atomic E-state index is 13.4. The van der Waals surface area contributed by atoms with E-state index in [1.54, 1.807) is 46.6 Å². The highest BCUT2D eigenvalue weighted by molar-refractivity contribution is 5.88. The average Bonchev–Trinajstić information content (AvgIpc) is 3.00. The Balaban J connectivity index is 1.73. The highest BCUT2D eigenvalue weighted by atomic mass is 16.5. The minimum absolute atomic E-state index is 0.202. The SMILES string of the molecule is COc1cc2oc(-c3cc(OC)c(OC)c(OC)c3)cc(=O)c2c(OC)c1CCCCCCCCCCCCCO. The fourth-order valence-electron chi connectivity index (χ4n) is 5.32. The minimum Gasteiger partial charge on any atom is -0.496 e. The van der Waals surface area contributed by atoms with Crippen LogP contribution in [0.5, 0.6) is 28.7 Å². The Kier molecular flexibility index (Phi) is 13.1. The van der Waals surface area contributed by atoms with Gasteiger partial charge in [-0.15, -0.1) is 0 Å². The predicted molar refractivity (Wildman–Crippen MR) is 162 cm³/mol. The molecule has 0 aliphatic heterocycles. The first-order valence-electron chi connectivity index (χ1n) is 14.7. The first kappa shape index (κ1) is 32.1. The van der Waals surface area contributed by atoms with E-state index in [-0.39, 0.29) is 5.43 Å². The van der Waals surface area contributed by atoms with E-state index in [0.717, 1.165) is 37.7 Å². The zero-order chi connectivity index (χ0) is 29.6. The van der Waals surface area contributed by atoms with Crippen molar-refractivity contribution in [2.45, 2.75) is 77.0 Å². The summed E-state index contributed by atoms with van der Waals surface area (Å²) < 4.78 is 34.1. The molecule has 226 valence electrons. The van der Waals surface area contributed by atoms with E-state index in [9.17, 15) is 4.79 Å². The zero-order valence-electron chi connectivity index (χ0n) is 25.3. The normalized spacial score (nSPS) is 11.1. The Hall–Kier alpha value is -3.39. The van der Waals surface area contributed by atoms with Gasteiger partial charge in [0.25, 0.3) is 0 Å². The van der Waals surface area contributed by atoms with Gasteiger partial charge in [0.05, 0.1) is 35.5 Å². The molecule has 1 N–H and O–H groups in total. The molecule has 41 heavy (non-hydrogen) atoms. The van der Waals surface area contributed by atoms with Gasteiger partial charge < -0.3 is 33.2 Å². The summed E-state index contributed by atoms with van der Waals surface area (Å²) in [4.78, 5) is 13.4. The molecule has 0 fully saturated rings. The smallest absolute Gasteiger partial charge is 0.203 e. The van der Waals surface area contributed by atoms with Gasteiger partial charge in [-0.05, 0) is 31.4 Å². The number of hydrogen-bond acceptors (Lipinski definition) is 8. The molecule has 0 aliphatic carbocycles. The van der Waals surface area contributed by atoms with Crippen LogP contribution in [-0.4, -0.2) is 47.3 Å². The number of rotatable bonds is 19. The fraction of sp³-hybridized carbons (Fsp3) is 0.545. The maximum Gasteiger partial charge on any atom is 0.203 e. The molecule has 2 aromatic carbocycles. The Bertz CT molecular complexity index is 1270. The molecule has 0 spiro atoms. The van der Waals surface area contributed by atoms with Crippen LogP contribution in [0.15, 0.2) is 33.5 Å². The molecule has 0 bridgehead atoms. The van der Waals surface area contributed by atoms with Gasteiger partial charge >= 0.3 is 0 Å². The number of hydrogen-bond donors (Lipinski definition) is 1. The molecule has 0 atom stereocenters. The van der Waals surface area contributed by atoms with Crippen molar-refractivity contribution in [2.75, 3.05) is 42.2 Å². The third-order valence-corrected chi connectivity index (χ3v) is 7.49. The van der Waals surface area contributed by atoms with Crippen LogP contribution in [0.25, 0.3) is 22.3 Å². The molecule has 1 heterocycles. The molecule has 3 aromatic rings. The maximum atomic E-state index is 13.4. The van der Waals surface area contributed by atoms with Crippen LogP contribution in [0, 0.1) is 0 Å². The Labute approximate surface area is 243 Å². The molecule has 1 aromatic heterocycles. The largest absolute Gasteiger partial charge is 0.496 e. The molecule has 3 rings (SSSR count). The molecule has 0 saturated heterocycles. The third-order valence-electron chi connectivity index (χ3n) is 7.49. The lowest BCUT2D eigenvalue weighted by Crippen LogP contribution is -2.07. The van der Waals surface area contributed by atoms with Gasteiger partial charge in [0.2, 0.25) is 5.75 Å².